The molecule has 3 heterocycles. The van der Waals surface area contributed by atoms with Crippen molar-refractivity contribution in [1.82, 2.24) is 24.5 Å². The number of aryl methyl sites for hydroxylation is 2. The lowest BCUT2D eigenvalue weighted by molar-refractivity contribution is -0.132. The summed E-state index contributed by atoms with van der Waals surface area (Å²) >= 11 is 1.40. The standard InChI is InChI=1S/C13H17N5O2S/c1-9-7-10(2)18-12(14-9)15-16-13(18)21-8-11(19)17-3-5-20-6-4-17/h7H,3-6,8H2,1-2H3. The Morgan fingerprint density at radius 2 is 2.10 bits per heavy atom. The summed E-state index contributed by atoms with van der Waals surface area (Å²) in [7, 11) is 0. The molecule has 0 radical (unpaired) electrons. The highest BCUT2D eigenvalue weighted by atomic mass is 32.2. The maximum Gasteiger partial charge on any atom is 0.256 e. The number of rotatable bonds is 3. The van der Waals surface area contributed by atoms with Gasteiger partial charge in [-0.05, 0) is 19.9 Å². The Hall–Kier alpha value is -1.67. The summed E-state index contributed by atoms with van der Waals surface area (Å²) in [5.74, 6) is 1.04. The van der Waals surface area contributed by atoms with Crippen molar-refractivity contribution in [1.29, 1.82) is 0 Å². The first-order chi connectivity index (χ1) is 10.1. The van der Waals surface area contributed by atoms with Crippen LogP contribution in [-0.2, 0) is 9.53 Å². The summed E-state index contributed by atoms with van der Waals surface area (Å²) in [6.07, 6.45) is 0. The number of nitrogens with zero attached hydrogens (tertiary/aromatic N) is 5. The average molecular weight is 307 g/mol. The predicted octanol–water partition coefficient (Wildman–Crippen LogP) is 0.692. The molecule has 1 fully saturated rings. The molecular formula is C13H17N5O2S. The normalized spacial score (nSPS) is 15.6. The van der Waals surface area contributed by atoms with Gasteiger partial charge in [0.1, 0.15) is 0 Å². The summed E-state index contributed by atoms with van der Waals surface area (Å²) in [6, 6.07) is 1.98. The smallest absolute Gasteiger partial charge is 0.256 e. The number of aromatic nitrogens is 4. The third kappa shape index (κ3) is 3.01. The zero-order chi connectivity index (χ0) is 14.8. The van der Waals surface area contributed by atoms with E-state index in [-0.39, 0.29) is 5.91 Å². The molecule has 7 nitrogen and oxygen atoms in total. The molecule has 112 valence electrons. The van der Waals surface area contributed by atoms with Crippen LogP contribution in [0, 0.1) is 13.8 Å². The number of carbonyl (C=O) groups is 1. The molecule has 21 heavy (non-hydrogen) atoms. The Kier molecular flexibility index (Phi) is 4.07. The van der Waals surface area contributed by atoms with Crippen molar-refractivity contribution >= 4 is 23.4 Å². The Morgan fingerprint density at radius 3 is 2.86 bits per heavy atom. The molecule has 0 saturated carbocycles. The van der Waals surface area contributed by atoms with Gasteiger partial charge in [0.2, 0.25) is 5.91 Å². The molecule has 0 aliphatic carbocycles. The molecule has 2 aromatic heterocycles. The van der Waals surface area contributed by atoms with E-state index in [0.29, 0.717) is 43.0 Å². The van der Waals surface area contributed by atoms with Crippen molar-refractivity contribution in [3.05, 3.63) is 17.5 Å². The van der Waals surface area contributed by atoms with E-state index in [1.54, 1.807) is 0 Å². The van der Waals surface area contributed by atoms with Crippen LogP contribution in [0.2, 0.25) is 0 Å². The lowest BCUT2D eigenvalue weighted by atomic mass is 10.3. The Morgan fingerprint density at radius 1 is 1.33 bits per heavy atom. The van der Waals surface area contributed by atoms with E-state index in [1.165, 1.54) is 11.8 Å². The fourth-order valence-electron chi connectivity index (χ4n) is 2.32. The number of hydrogen-bond donors (Lipinski definition) is 0. The maximum absolute atomic E-state index is 12.1. The molecule has 3 rings (SSSR count). The van der Waals surface area contributed by atoms with E-state index in [0.717, 1.165) is 11.4 Å². The third-order valence-electron chi connectivity index (χ3n) is 3.35. The number of morpholine rings is 1. The summed E-state index contributed by atoms with van der Waals surface area (Å²) in [5.41, 5.74) is 1.93. The molecule has 0 unspecified atom stereocenters. The van der Waals surface area contributed by atoms with E-state index < -0.39 is 0 Å². The summed E-state index contributed by atoms with van der Waals surface area (Å²) in [4.78, 5) is 18.3. The minimum absolute atomic E-state index is 0.109. The van der Waals surface area contributed by atoms with Crippen molar-refractivity contribution < 1.29 is 9.53 Å². The molecule has 0 bridgehead atoms. The largest absolute Gasteiger partial charge is 0.378 e. The Bertz CT molecular complexity index is 666. The number of hydrogen-bond acceptors (Lipinski definition) is 6. The van der Waals surface area contributed by atoms with E-state index in [9.17, 15) is 4.79 Å². The van der Waals surface area contributed by atoms with Crippen LogP contribution in [-0.4, -0.2) is 62.4 Å². The molecule has 0 N–H and O–H groups in total. The van der Waals surface area contributed by atoms with Crippen molar-refractivity contribution in [2.75, 3.05) is 32.1 Å². The first-order valence-corrected chi connectivity index (χ1v) is 7.81. The number of carbonyl (C=O) groups excluding carboxylic acids is 1. The molecule has 0 aromatic carbocycles. The van der Waals surface area contributed by atoms with Crippen LogP contribution in [0.1, 0.15) is 11.4 Å². The van der Waals surface area contributed by atoms with Gasteiger partial charge in [-0.1, -0.05) is 11.8 Å². The van der Waals surface area contributed by atoms with Crippen LogP contribution < -0.4 is 0 Å². The van der Waals surface area contributed by atoms with Gasteiger partial charge in [-0.25, -0.2) is 4.98 Å². The van der Waals surface area contributed by atoms with Crippen molar-refractivity contribution in [3.63, 3.8) is 0 Å². The molecule has 1 aliphatic heterocycles. The SMILES string of the molecule is Cc1cc(C)n2c(SCC(=O)N3CCOCC3)nnc2n1. The van der Waals surface area contributed by atoms with Crippen molar-refractivity contribution in [2.24, 2.45) is 0 Å². The Balaban J connectivity index is 1.72. The summed E-state index contributed by atoms with van der Waals surface area (Å²) in [6.45, 7) is 6.48. The first kappa shape index (κ1) is 14.3. The second kappa shape index (κ2) is 5.98. The molecule has 0 spiro atoms. The second-order valence-electron chi connectivity index (χ2n) is 4.94. The molecular weight excluding hydrogens is 290 g/mol. The lowest BCUT2D eigenvalue weighted by Crippen LogP contribution is -2.41. The van der Waals surface area contributed by atoms with Crippen LogP contribution in [0.5, 0.6) is 0 Å². The fourth-order valence-corrected chi connectivity index (χ4v) is 3.21. The minimum atomic E-state index is 0.109. The predicted molar refractivity (Wildman–Crippen MR) is 78.4 cm³/mol. The number of amides is 1. The first-order valence-electron chi connectivity index (χ1n) is 6.83. The quantitative estimate of drug-likeness (QED) is 0.777. The number of fused-ring (bicyclic) bond motifs is 1. The minimum Gasteiger partial charge on any atom is -0.378 e. The molecule has 2 aromatic rings. The van der Waals surface area contributed by atoms with Crippen LogP contribution in [0.15, 0.2) is 11.2 Å². The average Bonchev–Trinajstić information content (AvgIpc) is 2.89. The Labute approximate surface area is 126 Å². The molecule has 8 heteroatoms. The van der Waals surface area contributed by atoms with E-state index in [1.807, 2.05) is 29.2 Å². The molecule has 0 atom stereocenters. The van der Waals surface area contributed by atoms with Gasteiger partial charge in [0.05, 0.1) is 19.0 Å². The van der Waals surface area contributed by atoms with Crippen molar-refractivity contribution in [2.45, 2.75) is 19.0 Å². The lowest BCUT2D eigenvalue weighted by Gasteiger charge is -2.26. The molecule has 1 saturated heterocycles. The molecule has 1 amide bonds. The van der Waals surface area contributed by atoms with Gasteiger partial charge in [-0.15, -0.1) is 10.2 Å². The van der Waals surface area contributed by atoms with Gasteiger partial charge >= 0.3 is 0 Å². The van der Waals surface area contributed by atoms with E-state index >= 15 is 0 Å². The van der Waals surface area contributed by atoms with Crippen LogP contribution in [0.4, 0.5) is 0 Å². The number of thioether (sulfide) groups is 1. The van der Waals surface area contributed by atoms with Gasteiger partial charge in [0.25, 0.3) is 5.78 Å². The van der Waals surface area contributed by atoms with Gasteiger partial charge in [-0.3, -0.25) is 9.20 Å². The van der Waals surface area contributed by atoms with E-state index in [2.05, 4.69) is 15.2 Å². The zero-order valence-corrected chi connectivity index (χ0v) is 12.9. The number of ether oxygens (including phenoxy) is 1. The van der Waals surface area contributed by atoms with Crippen LogP contribution >= 0.6 is 11.8 Å². The van der Waals surface area contributed by atoms with Gasteiger partial charge < -0.3 is 9.64 Å². The van der Waals surface area contributed by atoms with Gasteiger partial charge in [0.15, 0.2) is 5.16 Å². The van der Waals surface area contributed by atoms with Crippen molar-refractivity contribution in [3.8, 4) is 0 Å². The highest BCUT2D eigenvalue weighted by Gasteiger charge is 2.18. The topological polar surface area (TPSA) is 72.6 Å². The van der Waals surface area contributed by atoms with Gasteiger partial charge in [0, 0.05) is 24.5 Å². The second-order valence-corrected chi connectivity index (χ2v) is 5.88. The monoisotopic (exact) mass is 307 g/mol. The highest BCUT2D eigenvalue weighted by molar-refractivity contribution is 7.99. The fraction of sp³-hybridized carbons (Fsp3) is 0.538. The third-order valence-corrected chi connectivity index (χ3v) is 4.27. The van der Waals surface area contributed by atoms with Crippen LogP contribution in [0.25, 0.3) is 5.78 Å². The zero-order valence-electron chi connectivity index (χ0n) is 12.1. The summed E-state index contributed by atoms with van der Waals surface area (Å²) < 4.78 is 7.13. The maximum atomic E-state index is 12.1. The highest BCUT2D eigenvalue weighted by Crippen LogP contribution is 2.19. The van der Waals surface area contributed by atoms with Gasteiger partial charge in [-0.2, -0.15) is 0 Å². The van der Waals surface area contributed by atoms with Crippen LogP contribution in [0.3, 0.4) is 0 Å². The van der Waals surface area contributed by atoms with E-state index in [4.69, 9.17) is 4.74 Å². The summed E-state index contributed by atoms with van der Waals surface area (Å²) in [5, 5.41) is 8.90. The molecule has 1 aliphatic rings.